The molecule has 0 saturated carbocycles. The molecule has 0 amide bonds. The number of aromatic nitrogens is 1. The molecule has 0 saturated heterocycles. The summed E-state index contributed by atoms with van der Waals surface area (Å²) in [5.41, 5.74) is 5.24. The molecule has 0 aliphatic rings. The monoisotopic (exact) mass is 156 g/mol. The molecule has 1 aromatic rings. The molecular weight excluding hydrogens is 143 g/mol. The first-order chi connectivity index (χ1) is 5.22. The summed E-state index contributed by atoms with van der Waals surface area (Å²) < 4.78 is 12.1. The third-order valence-corrected chi connectivity index (χ3v) is 0.804. The standard InChI is InChI=1S/C5H5FN2.C3H8/c6-4-3-8-2-1-5(4)7;1-3-2/h1-3H,(H2,7,8);3H2,1-2H3. The van der Waals surface area contributed by atoms with Gasteiger partial charge in [-0.15, -0.1) is 0 Å². The number of nitrogens with two attached hydrogens (primary N) is 1. The zero-order valence-electron chi connectivity index (χ0n) is 6.84. The summed E-state index contributed by atoms with van der Waals surface area (Å²) >= 11 is 0. The quantitative estimate of drug-likeness (QED) is 0.625. The van der Waals surface area contributed by atoms with Gasteiger partial charge in [0.15, 0.2) is 5.82 Å². The van der Waals surface area contributed by atoms with Crippen LogP contribution in [0.15, 0.2) is 18.5 Å². The Bertz CT molecular complexity index is 180. The SMILES string of the molecule is CCC.Nc1ccncc1F. The lowest BCUT2D eigenvalue weighted by Crippen LogP contribution is -1.88. The summed E-state index contributed by atoms with van der Waals surface area (Å²) in [5.74, 6) is -0.465. The average molecular weight is 156 g/mol. The van der Waals surface area contributed by atoms with Gasteiger partial charge in [-0.2, -0.15) is 0 Å². The van der Waals surface area contributed by atoms with Gasteiger partial charge < -0.3 is 5.73 Å². The average Bonchev–Trinajstić information content (AvgIpc) is 1.97. The van der Waals surface area contributed by atoms with E-state index in [-0.39, 0.29) is 5.69 Å². The fourth-order valence-electron chi connectivity index (χ4n) is 0.386. The summed E-state index contributed by atoms with van der Waals surface area (Å²) in [4.78, 5) is 3.49. The highest BCUT2D eigenvalue weighted by Gasteiger charge is 1.90. The number of nitrogens with zero attached hydrogens (tertiary/aromatic N) is 1. The Balaban J connectivity index is 0.000000292. The normalized spacial score (nSPS) is 8.27. The van der Waals surface area contributed by atoms with E-state index in [2.05, 4.69) is 18.8 Å². The molecule has 1 heterocycles. The third-order valence-electron chi connectivity index (χ3n) is 0.804. The topological polar surface area (TPSA) is 38.9 Å². The van der Waals surface area contributed by atoms with Crippen LogP contribution in [0.1, 0.15) is 20.3 Å². The van der Waals surface area contributed by atoms with Gasteiger partial charge in [0, 0.05) is 6.20 Å². The predicted octanol–water partition coefficient (Wildman–Crippen LogP) is 2.22. The van der Waals surface area contributed by atoms with Gasteiger partial charge in [-0.3, -0.25) is 4.98 Å². The molecule has 0 radical (unpaired) electrons. The van der Waals surface area contributed by atoms with Crippen LogP contribution in [0.2, 0.25) is 0 Å². The van der Waals surface area contributed by atoms with Crippen molar-refractivity contribution in [2.24, 2.45) is 0 Å². The van der Waals surface area contributed by atoms with E-state index in [1.165, 1.54) is 18.7 Å². The third kappa shape index (κ3) is 4.31. The molecule has 0 unspecified atom stereocenters. The number of nitrogen functional groups attached to an aromatic ring is 1. The largest absolute Gasteiger partial charge is 0.396 e. The molecule has 62 valence electrons. The van der Waals surface area contributed by atoms with Crippen LogP contribution in [0.25, 0.3) is 0 Å². The number of hydrogen-bond donors (Lipinski definition) is 1. The molecule has 0 spiro atoms. The van der Waals surface area contributed by atoms with Gasteiger partial charge >= 0.3 is 0 Å². The van der Waals surface area contributed by atoms with E-state index in [4.69, 9.17) is 5.73 Å². The summed E-state index contributed by atoms with van der Waals surface area (Å²) in [7, 11) is 0. The second-order valence-electron chi connectivity index (χ2n) is 2.10. The van der Waals surface area contributed by atoms with Crippen LogP contribution >= 0.6 is 0 Å². The minimum absolute atomic E-state index is 0.139. The zero-order chi connectivity index (χ0) is 8.69. The second-order valence-corrected chi connectivity index (χ2v) is 2.10. The van der Waals surface area contributed by atoms with E-state index >= 15 is 0 Å². The Hall–Kier alpha value is -1.12. The first-order valence-corrected chi connectivity index (χ1v) is 3.57. The van der Waals surface area contributed by atoms with Gasteiger partial charge in [0.2, 0.25) is 0 Å². The van der Waals surface area contributed by atoms with Crippen LogP contribution in [-0.4, -0.2) is 4.98 Å². The maximum atomic E-state index is 12.1. The number of hydrogen-bond acceptors (Lipinski definition) is 2. The molecule has 1 rings (SSSR count). The molecule has 0 atom stereocenters. The summed E-state index contributed by atoms with van der Waals surface area (Å²) in [6, 6.07) is 1.41. The zero-order valence-corrected chi connectivity index (χ0v) is 6.84. The molecule has 0 aliphatic heterocycles. The molecule has 0 aliphatic carbocycles. The Morgan fingerprint density at radius 1 is 1.55 bits per heavy atom. The first-order valence-electron chi connectivity index (χ1n) is 3.57. The lowest BCUT2D eigenvalue weighted by molar-refractivity contribution is 0.626. The molecule has 2 N–H and O–H groups in total. The van der Waals surface area contributed by atoms with Crippen molar-refractivity contribution < 1.29 is 4.39 Å². The Kier molecular flexibility index (Phi) is 5.07. The Morgan fingerprint density at radius 3 is 2.36 bits per heavy atom. The molecular formula is C8H13FN2. The van der Waals surface area contributed by atoms with Crippen molar-refractivity contribution in [2.75, 3.05) is 5.73 Å². The van der Waals surface area contributed by atoms with Crippen molar-refractivity contribution in [2.45, 2.75) is 20.3 Å². The van der Waals surface area contributed by atoms with Crippen molar-refractivity contribution in [3.63, 3.8) is 0 Å². The highest BCUT2D eigenvalue weighted by atomic mass is 19.1. The van der Waals surface area contributed by atoms with Gasteiger partial charge in [-0.05, 0) is 6.07 Å². The molecule has 0 bridgehead atoms. The van der Waals surface area contributed by atoms with E-state index in [9.17, 15) is 4.39 Å². The van der Waals surface area contributed by atoms with Crippen LogP contribution in [-0.2, 0) is 0 Å². The molecule has 0 fully saturated rings. The summed E-state index contributed by atoms with van der Waals surface area (Å²) in [6.07, 6.45) is 3.77. The van der Waals surface area contributed by atoms with Crippen molar-refractivity contribution >= 4 is 5.69 Å². The molecule has 1 aromatic heterocycles. The highest BCUT2D eigenvalue weighted by molar-refractivity contribution is 5.35. The van der Waals surface area contributed by atoms with E-state index < -0.39 is 5.82 Å². The summed E-state index contributed by atoms with van der Waals surface area (Å²) in [5, 5.41) is 0. The lowest BCUT2D eigenvalue weighted by atomic mass is 10.4. The second kappa shape index (κ2) is 5.65. The van der Waals surface area contributed by atoms with Gasteiger partial charge in [0.1, 0.15) is 0 Å². The maximum absolute atomic E-state index is 12.1. The fourth-order valence-corrected chi connectivity index (χ4v) is 0.386. The smallest absolute Gasteiger partial charge is 0.164 e. The van der Waals surface area contributed by atoms with E-state index in [0.29, 0.717) is 0 Å². The summed E-state index contributed by atoms with van der Waals surface area (Å²) in [6.45, 7) is 4.25. The molecule has 2 nitrogen and oxygen atoms in total. The van der Waals surface area contributed by atoms with E-state index in [0.717, 1.165) is 6.20 Å². The van der Waals surface area contributed by atoms with Crippen molar-refractivity contribution in [1.82, 2.24) is 4.98 Å². The molecule has 11 heavy (non-hydrogen) atoms. The van der Waals surface area contributed by atoms with Crippen LogP contribution in [0.5, 0.6) is 0 Å². The van der Waals surface area contributed by atoms with Gasteiger partial charge in [-0.25, -0.2) is 4.39 Å². The number of halogens is 1. The Labute approximate surface area is 66.3 Å². The van der Waals surface area contributed by atoms with Crippen molar-refractivity contribution in [3.8, 4) is 0 Å². The van der Waals surface area contributed by atoms with Crippen LogP contribution < -0.4 is 5.73 Å². The fraction of sp³-hybridized carbons (Fsp3) is 0.375. The van der Waals surface area contributed by atoms with E-state index in [1.54, 1.807) is 0 Å². The van der Waals surface area contributed by atoms with Crippen molar-refractivity contribution in [1.29, 1.82) is 0 Å². The van der Waals surface area contributed by atoms with Crippen LogP contribution in [0, 0.1) is 5.82 Å². The minimum Gasteiger partial charge on any atom is -0.396 e. The van der Waals surface area contributed by atoms with Gasteiger partial charge in [0.25, 0.3) is 0 Å². The van der Waals surface area contributed by atoms with E-state index in [1.807, 2.05) is 0 Å². The van der Waals surface area contributed by atoms with Crippen LogP contribution in [0.3, 0.4) is 0 Å². The molecule has 0 aromatic carbocycles. The molecule has 3 heteroatoms. The maximum Gasteiger partial charge on any atom is 0.164 e. The van der Waals surface area contributed by atoms with Crippen molar-refractivity contribution in [3.05, 3.63) is 24.3 Å². The van der Waals surface area contributed by atoms with Crippen LogP contribution in [0.4, 0.5) is 10.1 Å². The number of pyridine rings is 1. The minimum atomic E-state index is -0.465. The number of anilines is 1. The first kappa shape index (κ1) is 9.88. The lowest BCUT2D eigenvalue weighted by Gasteiger charge is -1.89. The van der Waals surface area contributed by atoms with Gasteiger partial charge in [-0.1, -0.05) is 20.3 Å². The van der Waals surface area contributed by atoms with Gasteiger partial charge in [0.05, 0.1) is 11.9 Å². The highest BCUT2D eigenvalue weighted by Crippen LogP contribution is 2.03. The Morgan fingerprint density at radius 2 is 2.09 bits per heavy atom. The number of rotatable bonds is 0. The predicted molar refractivity (Wildman–Crippen MR) is 44.6 cm³/mol.